The first-order chi connectivity index (χ1) is 10.6. The minimum atomic E-state index is -0.487. The highest BCUT2D eigenvalue weighted by Crippen LogP contribution is 2.25. The van der Waals surface area contributed by atoms with Gasteiger partial charge in [0, 0.05) is 6.07 Å². The summed E-state index contributed by atoms with van der Waals surface area (Å²) in [4.78, 5) is 13.0. The Balaban J connectivity index is 1.66. The normalized spacial score (nSPS) is 10.6. The van der Waals surface area contributed by atoms with Crippen molar-refractivity contribution >= 4 is 28.8 Å². The van der Waals surface area contributed by atoms with Gasteiger partial charge >= 0.3 is 0 Å². The van der Waals surface area contributed by atoms with E-state index in [9.17, 15) is 9.18 Å². The number of rotatable bonds is 4. The summed E-state index contributed by atoms with van der Waals surface area (Å²) in [7, 11) is 0. The van der Waals surface area contributed by atoms with Crippen LogP contribution in [0.3, 0.4) is 0 Å². The van der Waals surface area contributed by atoms with E-state index in [2.05, 4.69) is 10.5 Å². The second-order valence-electron chi connectivity index (χ2n) is 4.47. The Labute approximate surface area is 134 Å². The molecule has 0 radical (unpaired) electrons. The highest BCUT2D eigenvalue weighted by Gasteiger charge is 2.13. The fourth-order valence-corrected chi connectivity index (χ4v) is 2.80. The smallest absolute Gasteiger partial charge is 0.253 e. The van der Waals surface area contributed by atoms with Crippen LogP contribution in [-0.2, 0) is 6.54 Å². The van der Waals surface area contributed by atoms with Crippen LogP contribution in [0.25, 0.3) is 10.6 Å². The average Bonchev–Trinajstić information content (AvgIpc) is 3.16. The molecule has 0 atom stereocenters. The van der Waals surface area contributed by atoms with Crippen molar-refractivity contribution in [1.82, 2.24) is 10.5 Å². The lowest BCUT2D eigenvalue weighted by molar-refractivity contribution is 0.0950. The molecule has 22 heavy (non-hydrogen) atoms. The number of hydrogen-bond donors (Lipinski definition) is 1. The lowest BCUT2D eigenvalue weighted by Crippen LogP contribution is -2.23. The molecule has 0 spiro atoms. The molecule has 3 rings (SSSR count). The average molecular weight is 337 g/mol. The third kappa shape index (κ3) is 3.18. The second-order valence-corrected chi connectivity index (χ2v) is 5.82. The summed E-state index contributed by atoms with van der Waals surface area (Å²) >= 11 is 7.38. The topological polar surface area (TPSA) is 55.1 Å². The lowest BCUT2D eigenvalue weighted by Gasteiger charge is -2.04. The second kappa shape index (κ2) is 6.29. The first-order valence-electron chi connectivity index (χ1n) is 6.36. The molecule has 0 aliphatic heterocycles. The highest BCUT2D eigenvalue weighted by atomic mass is 35.5. The van der Waals surface area contributed by atoms with Crippen LogP contribution in [0.4, 0.5) is 4.39 Å². The fraction of sp³-hybridized carbons (Fsp3) is 0.0667. The summed E-state index contributed by atoms with van der Waals surface area (Å²) in [6, 6.07) is 9.23. The van der Waals surface area contributed by atoms with Crippen LogP contribution in [0.5, 0.6) is 0 Å². The summed E-state index contributed by atoms with van der Waals surface area (Å²) in [5, 5.41) is 8.57. The zero-order chi connectivity index (χ0) is 15.5. The van der Waals surface area contributed by atoms with Gasteiger partial charge in [-0.3, -0.25) is 4.79 Å². The highest BCUT2D eigenvalue weighted by molar-refractivity contribution is 7.13. The van der Waals surface area contributed by atoms with Crippen LogP contribution in [-0.4, -0.2) is 11.1 Å². The van der Waals surface area contributed by atoms with Crippen molar-refractivity contribution in [3.05, 3.63) is 63.9 Å². The molecule has 1 N–H and O–H groups in total. The third-order valence-corrected chi connectivity index (χ3v) is 4.13. The van der Waals surface area contributed by atoms with Crippen LogP contribution < -0.4 is 5.32 Å². The van der Waals surface area contributed by atoms with Crippen molar-refractivity contribution in [3.63, 3.8) is 0 Å². The molecule has 0 unspecified atom stereocenters. The van der Waals surface area contributed by atoms with E-state index >= 15 is 0 Å². The first-order valence-corrected chi connectivity index (χ1v) is 7.62. The molecule has 3 aromatic rings. The van der Waals surface area contributed by atoms with Gasteiger partial charge < -0.3 is 9.84 Å². The number of aromatic nitrogens is 1. The van der Waals surface area contributed by atoms with Gasteiger partial charge in [0.25, 0.3) is 5.91 Å². The van der Waals surface area contributed by atoms with Crippen molar-refractivity contribution in [2.45, 2.75) is 6.54 Å². The molecule has 7 heteroatoms. The minimum Gasteiger partial charge on any atom is -0.355 e. The Morgan fingerprint density at radius 3 is 2.95 bits per heavy atom. The molecule has 0 saturated heterocycles. The van der Waals surface area contributed by atoms with Crippen molar-refractivity contribution in [2.24, 2.45) is 0 Å². The van der Waals surface area contributed by atoms with E-state index < -0.39 is 11.7 Å². The van der Waals surface area contributed by atoms with E-state index in [1.807, 2.05) is 17.5 Å². The van der Waals surface area contributed by atoms with Crippen molar-refractivity contribution in [2.75, 3.05) is 0 Å². The predicted octanol–water partition coefficient (Wildman–Crippen LogP) is 4.13. The SMILES string of the molecule is O=C(NCc1cc(-c2cccs2)on1)c1ccc(F)cc1Cl. The van der Waals surface area contributed by atoms with Crippen LogP contribution in [0, 0.1) is 5.82 Å². The number of benzene rings is 1. The van der Waals surface area contributed by atoms with Crippen LogP contribution in [0.2, 0.25) is 5.02 Å². The minimum absolute atomic E-state index is 0.0666. The number of carbonyl (C=O) groups excluding carboxylic acids is 1. The Kier molecular flexibility index (Phi) is 4.22. The number of halogens is 2. The quantitative estimate of drug-likeness (QED) is 0.779. The summed E-state index contributed by atoms with van der Waals surface area (Å²) in [6.07, 6.45) is 0. The predicted molar refractivity (Wildman–Crippen MR) is 82.4 cm³/mol. The van der Waals surface area contributed by atoms with Gasteiger partial charge in [-0.25, -0.2) is 4.39 Å². The molecule has 2 heterocycles. The maximum Gasteiger partial charge on any atom is 0.253 e. The van der Waals surface area contributed by atoms with Gasteiger partial charge in [0.2, 0.25) is 0 Å². The van der Waals surface area contributed by atoms with E-state index in [0.717, 1.165) is 10.9 Å². The Bertz CT molecular complexity index is 802. The number of carbonyl (C=O) groups is 1. The number of nitrogens with one attached hydrogen (secondary N) is 1. The summed E-state index contributed by atoms with van der Waals surface area (Å²) in [5.41, 5.74) is 0.806. The molecule has 4 nitrogen and oxygen atoms in total. The molecule has 0 bridgehead atoms. The van der Waals surface area contributed by atoms with Gasteiger partial charge in [0.1, 0.15) is 11.5 Å². The molecule has 0 fully saturated rings. The molecule has 2 aromatic heterocycles. The molecule has 1 aromatic carbocycles. The van der Waals surface area contributed by atoms with Crippen LogP contribution in [0.15, 0.2) is 46.3 Å². The Morgan fingerprint density at radius 2 is 2.23 bits per heavy atom. The molecular weight excluding hydrogens is 327 g/mol. The fourth-order valence-electron chi connectivity index (χ4n) is 1.87. The zero-order valence-corrected chi connectivity index (χ0v) is 12.7. The van der Waals surface area contributed by atoms with Crippen molar-refractivity contribution < 1.29 is 13.7 Å². The van der Waals surface area contributed by atoms with Gasteiger partial charge in [-0.2, -0.15) is 0 Å². The van der Waals surface area contributed by atoms with Crippen molar-refractivity contribution in [3.8, 4) is 10.6 Å². The summed E-state index contributed by atoms with van der Waals surface area (Å²) in [6.45, 7) is 0.196. The van der Waals surface area contributed by atoms with Gasteiger partial charge in [0.05, 0.1) is 22.0 Å². The maximum atomic E-state index is 13.0. The number of hydrogen-bond acceptors (Lipinski definition) is 4. The Morgan fingerprint density at radius 1 is 1.36 bits per heavy atom. The molecule has 1 amide bonds. The van der Waals surface area contributed by atoms with Gasteiger partial charge in [-0.1, -0.05) is 22.8 Å². The van der Waals surface area contributed by atoms with E-state index in [4.69, 9.17) is 16.1 Å². The van der Waals surface area contributed by atoms with E-state index in [-0.39, 0.29) is 17.1 Å². The monoisotopic (exact) mass is 336 g/mol. The number of amides is 1. The van der Waals surface area contributed by atoms with Gasteiger partial charge in [0.15, 0.2) is 5.76 Å². The lowest BCUT2D eigenvalue weighted by atomic mass is 10.2. The van der Waals surface area contributed by atoms with Gasteiger partial charge in [-0.15, -0.1) is 11.3 Å². The largest absolute Gasteiger partial charge is 0.355 e. The molecule has 0 saturated carbocycles. The molecular formula is C15H10ClFN2O2S. The first kappa shape index (κ1) is 14.7. The zero-order valence-electron chi connectivity index (χ0n) is 11.2. The van der Waals surface area contributed by atoms with E-state index in [0.29, 0.717) is 11.5 Å². The number of nitrogens with zero attached hydrogens (tertiary/aromatic N) is 1. The van der Waals surface area contributed by atoms with E-state index in [1.165, 1.54) is 23.5 Å². The van der Waals surface area contributed by atoms with Crippen molar-refractivity contribution in [1.29, 1.82) is 0 Å². The molecule has 0 aliphatic rings. The number of thiophene rings is 1. The summed E-state index contributed by atoms with van der Waals surface area (Å²) < 4.78 is 18.2. The van der Waals surface area contributed by atoms with Gasteiger partial charge in [-0.05, 0) is 29.6 Å². The van der Waals surface area contributed by atoms with Crippen LogP contribution in [0.1, 0.15) is 16.1 Å². The summed E-state index contributed by atoms with van der Waals surface area (Å²) in [5.74, 6) is -0.233. The van der Waals surface area contributed by atoms with Crippen LogP contribution >= 0.6 is 22.9 Å². The molecule has 112 valence electrons. The Hall–Kier alpha value is -2.18. The maximum absolute atomic E-state index is 13.0. The molecule has 0 aliphatic carbocycles. The standard InChI is InChI=1S/C15H10ClFN2O2S/c16-12-6-9(17)3-4-11(12)15(20)18-8-10-7-13(21-19-10)14-2-1-5-22-14/h1-7H,8H2,(H,18,20). The third-order valence-electron chi connectivity index (χ3n) is 2.93. The van der Waals surface area contributed by atoms with E-state index in [1.54, 1.807) is 6.07 Å².